The minimum Gasteiger partial charge on any atom is -0.456 e. The number of ether oxygens (including phenoxy) is 1. The number of amides is 1. The van der Waals surface area contributed by atoms with Gasteiger partial charge < -0.3 is 19.4 Å². The van der Waals surface area contributed by atoms with Crippen molar-refractivity contribution >= 4 is 19.7 Å². The number of allylic oxidation sites excluding steroid dienone is 11. The van der Waals surface area contributed by atoms with Crippen molar-refractivity contribution in [1.29, 1.82) is 0 Å². The quantitative estimate of drug-likeness (QED) is 0.0156. The van der Waals surface area contributed by atoms with Crippen LogP contribution in [0.15, 0.2) is 72.9 Å². The summed E-state index contributed by atoms with van der Waals surface area (Å²) >= 11 is 0. The van der Waals surface area contributed by atoms with E-state index in [4.69, 9.17) is 13.8 Å². The predicted octanol–water partition coefficient (Wildman–Crippen LogP) is 18.4. The number of likely N-dealkylation sites (N-methyl/N-ethyl adjacent to an activating group) is 1. The molecule has 1 amide bonds. The first-order valence-electron chi connectivity index (χ1n) is 30.3. The zero-order valence-electron chi connectivity index (χ0n) is 48.4. The molecule has 424 valence electrons. The van der Waals surface area contributed by atoms with Crippen LogP contribution >= 0.6 is 7.82 Å². The lowest BCUT2D eigenvalue weighted by atomic mass is 10.0. The normalized spacial score (nSPS) is 14.2. The summed E-state index contributed by atoms with van der Waals surface area (Å²) < 4.78 is 30.7. The molecule has 0 aromatic rings. The molecule has 10 heteroatoms. The van der Waals surface area contributed by atoms with Crippen LogP contribution in [-0.2, 0) is 27.9 Å². The summed E-state index contributed by atoms with van der Waals surface area (Å²) in [4.78, 5) is 37.7. The molecular weight excluding hydrogens is 928 g/mol. The average Bonchev–Trinajstić information content (AvgIpc) is 3.35. The molecule has 0 aromatic carbocycles. The predicted molar refractivity (Wildman–Crippen MR) is 314 cm³/mol. The number of phosphoric ester groups is 1. The first-order chi connectivity index (χ1) is 35.4. The summed E-state index contributed by atoms with van der Waals surface area (Å²) in [6, 6.07) is -0.858. The number of carbonyl (C=O) groups is 2. The number of rotatable bonds is 54. The molecule has 0 saturated carbocycles. The van der Waals surface area contributed by atoms with Gasteiger partial charge >= 0.3 is 13.8 Å². The van der Waals surface area contributed by atoms with E-state index in [1.807, 2.05) is 33.3 Å². The van der Waals surface area contributed by atoms with E-state index < -0.39 is 20.0 Å². The minimum atomic E-state index is -4.45. The molecule has 3 atom stereocenters. The lowest BCUT2D eigenvalue weighted by molar-refractivity contribution is -0.870. The number of quaternary nitrogens is 1. The standard InChI is InChI=1S/C63H115N2O7P/c1-7-10-13-16-19-22-25-28-30-31-32-33-35-38-41-44-47-50-53-56-63(67)72-61(54-51-48-45-42-39-36-27-24-21-18-15-12-9-3)60(59-71-73(68,69)70-58-57-65(4,5)6)64-62(66)55-52-49-46-43-40-37-34-29-26-23-20-17-14-11-8-2/h11,14,17,19-20,22-23,26,28,30,51,54,60-61H,7-10,12-13,15-16,18,21,24-25,27,29,31-50,52-53,55-59H2,1-6H3,(H-,64,66,68,69)/p+1/b14-11+,20-17+,22-19-,26-23+,30-28-,54-51+. The molecule has 0 aromatic heterocycles. The van der Waals surface area contributed by atoms with Gasteiger partial charge in [-0.15, -0.1) is 0 Å². The van der Waals surface area contributed by atoms with Gasteiger partial charge in [-0.05, 0) is 83.1 Å². The second-order valence-corrected chi connectivity index (χ2v) is 23.0. The summed E-state index contributed by atoms with van der Waals surface area (Å²) in [7, 11) is 1.48. The van der Waals surface area contributed by atoms with Crippen molar-refractivity contribution in [2.75, 3.05) is 40.9 Å². The van der Waals surface area contributed by atoms with Gasteiger partial charge in [0, 0.05) is 12.8 Å². The van der Waals surface area contributed by atoms with Gasteiger partial charge in [0.15, 0.2) is 0 Å². The van der Waals surface area contributed by atoms with Crippen molar-refractivity contribution in [3.05, 3.63) is 72.9 Å². The van der Waals surface area contributed by atoms with Crippen LogP contribution in [0.4, 0.5) is 0 Å². The number of hydrogen-bond acceptors (Lipinski definition) is 6. The maximum Gasteiger partial charge on any atom is 0.472 e. The minimum absolute atomic E-state index is 0.0347. The maximum atomic E-state index is 13.5. The molecule has 0 bridgehead atoms. The van der Waals surface area contributed by atoms with Gasteiger partial charge in [-0.2, -0.15) is 0 Å². The number of carbonyl (C=O) groups excluding carboxylic acids is 2. The molecular formula is C63H116N2O7P+. The van der Waals surface area contributed by atoms with Gasteiger partial charge in [0.2, 0.25) is 5.91 Å². The molecule has 0 rings (SSSR count). The molecule has 0 spiro atoms. The Morgan fingerprint density at radius 1 is 0.507 bits per heavy atom. The van der Waals surface area contributed by atoms with E-state index in [-0.39, 0.29) is 31.5 Å². The Hall–Kier alpha value is -2.55. The molecule has 0 heterocycles. The first-order valence-corrected chi connectivity index (χ1v) is 31.8. The monoisotopic (exact) mass is 1040 g/mol. The largest absolute Gasteiger partial charge is 0.472 e. The smallest absolute Gasteiger partial charge is 0.456 e. The second kappa shape index (κ2) is 52.9. The Balaban J connectivity index is 5.32. The highest BCUT2D eigenvalue weighted by atomic mass is 31.2. The molecule has 3 unspecified atom stereocenters. The van der Waals surface area contributed by atoms with Crippen molar-refractivity contribution in [1.82, 2.24) is 5.32 Å². The van der Waals surface area contributed by atoms with Gasteiger partial charge in [-0.3, -0.25) is 18.6 Å². The van der Waals surface area contributed by atoms with Crippen LogP contribution in [0.25, 0.3) is 0 Å². The van der Waals surface area contributed by atoms with Gasteiger partial charge in [0.25, 0.3) is 0 Å². The van der Waals surface area contributed by atoms with E-state index >= 15 is 0 Å². The van der Waals surface area contributed by atoms with E-state index in [1.54, 1.807) is 0 Å². The van der Waals surface area contributed by atoms with Gasteiger partial charge in [-0.25, -0.2) is 4.57 Å². The molecule has 0 saturated heterocycles. The van der Waals surface area contributed by atoms with Crippen molar-refractivity contribution in [2.45, 2.75) is 277 Å². The Bertz CT molecular complexity index is 1480. The van der Waals surface area contributed by atoms with Gasteiger partial charge in [0.1, 0.15) is 19.3 Å². The topological polar surface area (TPSA) is 111 Å². The van der Waals surface area contributed by atoms with Crippen LogP contribution in [0.5, 0.6) is 0 Å². The summed E-state index contributed by atoms with van der Waals surface area (Å²) in [6.07, 6.45) is 67.5. The highest BCUT2D eigenvalue weighted by Crippen LogP contribution is 2.43. The van der Waals surface area contributed by atoms with Crippen LogP contribution in [0.1, 0.15) is 265 Å². The van der Waals surface area contributed by atoms with E-state index in [0.29, 0.717) is 17.4 Å². The van der Waals surface area contributed by atoms with E-state index in [9.17, 15) is 19.0 Å². The molecule has 0 aliphatic carbocycles. The van der Waals surface area contributed by atoms with E-state index in [2.05, 4.69) is 86.8 Å². The summed E-state index contributed by atoms with van der Waals surface area (Å²) in [6.45, 7) is 6.85. The van der Waals surface area contributed by atoms with Crippen LogP contribution < -0.4 is 5.32 Å². The zero-order chi connectivity index (χ0) is 53.6. The number of esters is 1. The molecule has 0 fully saturated rings. The number of hydrogen-bond donors (Lipinski definition) is 2. The lowest BCUT2D eigenvalue weighted by Gasteiger charge is -2.27. The molecule has 0 aliphatic rings. The zero-order valence-corrected chi connectivity index (χ0v) is 49.3. The highest BCUT2D eigenvalue weighted by molar-refractivity contribution is 7.47. The number of nitrogens with zero attached hydrogens (tertiary/aromatic N) is 1. The van der Waals surface area contributed by atoms with Crippen molar-refractivity contribution in [2.24, 2.45) is 0 Å². The average molecular weight is 1040 g/mol. The Kier molecular flexibility index (Phi) is 51.0. The first kappa shape index (κ1) is 70.5. The fourth-order valence-corrected chi connectivity index (χ4v) is 9.24. The Morgan fingerprint density at radius 3 is 1.44 bits per heavy atom. The van der Waals surface area contributed by atoms with Crippen LogP contribution in [0, 0.1) is 0 Å². The number of phosphoric acid groups is 1. The molecule has 9 nitrogen and oxygen atoms in total. The van der Waals surface area contributed by atoms with E-state index in [0.717, 1.165) is 83.5 Å². The maximum absolute atomic E-state index is 13.5. The SMILES string of the molecule is CC/C=C/C=C/C=C/CCCCCCCCCC(=O)NC(COP(=O)(O)OCC[N+](C)(C)C)C(/C=C/CCCCCCCCCCCCC)OC(=O)CCCCCCCCCCC/C=C\C/C=C\CCCCC. The molecule has 73 heavy (non-hydrogen) atoms. The third-order valence-corrected chi connectivity index (χ3v) is 14.2. The molecule has 0 radical (unpaired) electrons. The number of nitrogens with one attached hydrogen (secondary N) is 1. The van der Waals surface area contributed by atoms with Gasteiger partial charge in [-0.1, -0.05) is 242 Å². The number of unbranched alkanes of at least 4 members (excludes halogenated alkanes) is 30. The summed E-state index contributed by atoms with van der Waals surface area (Å²) in [5.74, 6) is -0.522. The highest BCUT2D eigenvalue weighted by Gasteiger charge is 2.30. The third-order valence-electron chi connectivity index (χ3n) is 13.2. The van der Waals surface area contributed by atoms with Crippen molar-refractivity contribution in [3.8, 4) is 0 Å². The Morgan fingerprint density at radius 2 is 0.932 bits per heavy atom. The van der Waals surface area contributed by atoms with Gasteiger partial charge in [0.05, 0.1) is 33.8 Å². The third kappa shape index (κ3) is 54.1. The van der Waals surface area contributed by atoms with Crippen LogP contribution in [-0.4, -0.2) is 74.3 Å². The second-order valence-electron chi connectivity index (χ2n) is 21.6. The molecule has 0 aliphatic heterocycles. The fourth-order valence-electron chi connectivity index (χ4n) is 8.50. The Labute approximate surface area is 451 Å². The van der Waals surface area contributed by atoms with Crippen LogP contribution in [0.2, 0.25) is 0 Å². The molecule has 2 N–H and O–H groups in total. The summed E-state index contributed by atoms with van der Waals surface area (Å²) in [5.41, 5.74) is 0. The summed E-state index contributed by atoms with van der Waals surface area (Å²) in [5, 5.41) is 3.05. The lowest BCUT2D eigenvalue weighted by Crippen LogP contribution is -2.47. The van der Waals surface area contributed by atoms with Crippen molar-refractivity contribution in [3.63, 3.8) is 0 Å². The fraction of sp³-hybridized carbons (Fsp3) is 0.778. The van der Waals surface area contributed by atoms with E-state index in [1.165, 1.54) is 148 Å². The van der Waals surface area contributed by atoms with Crippen LogP contribution in [0.3, 0.4) is 0 Å². The van der Waals surface area contributed by atoms with Crippen molar-refractivity contribution < 1.29 is 37.3 Å².